The molecular formula is C30H32N6O6. The molecule has 0 radical (unpaired) electrons. The number of rotatable bonds is 12. The summed E-state index contributed by atoms with van der Waals surface area (Å²) in [6, 6.07) is 21.5. The summed E-state index contributed by atoms with van der Waals surface area (Å²) >= 11 is 0. The van der Waals surface area contributed by atoms with Gasteiger partial charge in [-0.25, -0.2) is 19.4 Å². The molecule has 0 aliphatic rings. The van der Waals surface area contributed by atoms with E-state index in [0.717, 1.165) is 22.2 Å². The summed E-state index contributed by atoms with van der Waals surface area (Å²) in [6.45, 7) is 2.45. The number of para-hydroxylation sites is 2. The number of aromatic nitrogens is 2. The highest BCUT2D eigenvalue weighted by atomic mass is 16.5. The van der Waals surface area contributed by atoms with Gasteiger partial charge in [0.15, 0.2) is 0 Å². The number of H-pyrrole nitrogens is 1. The van der Waals surface area contributed by atoms with Gasteiger partial charge in [0, 0.05) is 25.2 Å². The standard InChI is InChI=1S/C30H32N6O6/c1-2-31-29(40)36(18-26-33-23-10-6-7-11-24(23)34-26)17-20-12-14-22(15-13-20)27(37)32-16-25(28(38)39)35-30(41)42-19-21-8-4-3-5-9-21/h3-15,25H,2,16-19H2,1H3,(H,31,40)(H,32,37)(H,33,34)(H,35,41)(H,38,39)/t25-/m0/s1. The molecular weight excluding hydrogens is 540 g/mol. The Morgan fingerprint density at radius 1 is 0.905 bits per heavy atom. The van der Waals surface area contributed by atoms with Crippen molar-refractivity contribution in [3.05, 3.63) is 101 Å². The Morgan fingerprint density at radius 3 is 2.31 bits per heavy atom. The van der Waals surface area contributed by atoms with Gasteiger partial charge in [0.25, 0.3) is 5.91 Å². The molecule has 1 heterocycles. The molecule has 0 aliphatic carbocycles. The van der Waals surface area contributed by atoms with Crippen molar-refractivity contribution < 1.29 is 29.0 Å². The molecule has 0 saturated heterocycles. The van der Waals surface area contributed by atoms with E-state index in [1.807, 2.05) is 37.3 Å². The van der Waals surface area contributed by atoms with Gasteiger partial charge in [0.05, 0.1) is 17.6 Å². The van der Waals surface area contributed by atoms with Crippen molar-refractivity contribution in [3.63, 3.8) is 0 Å². The summed E-state index contributed by atoms with van der Waals surface area (Å²) < 4.78 is 5.07. The molecule has 0 spiro atoms. The number of nitrogens with zero attached hydrogens (tertiary/aromatic N) is 2. The number of carboxylic acids is 1. The van der Waals surface area contributed by atoms with Crippen LogP contribution < -0.4 is 16.0 Å². The minimum atomic E-state index is -1.39. The van der Waals surface area contributed by atoms with Crippen molar-refractivity contribution in [2.75, 3.05) is 13.1 Å². The first-order chi connectivity index (χ1) is 20.3. The summed E-state index contributed by atoms with van der Waals surface area (Å²) in [5.41, 5.74) is 3.50. The fraction of sp³-hybridized carbons (Fsp3) is 0.233. The van der Waals surface area contributed by atoms with E-state index in [1.54, 1.807) is 53.4 Å². The first-order valence-corrected chi connectivity index (χ1v) is 13.4. The lowest BCUT2D eigenvalue weighted by Gasteiger charge is -2.22. The zero-order chi connectivity index (χ0) is 29.9. The molecule has 218 valence electrons. The van der Waals surface area contributed by atoms with Crippen LogP contribution in [0.15, 0.2) is 78.9 Å². The predicted octanol–water partition coefficient (Wildman–Crippen LogP) is 3.40. The van der Waals surface area contributed by atoms with E-state index in [2.05, 4.69) is 25.9 Å². The van der Waals surface area contributed by atoms with Crippen molar-refractivity contribution in [2.24, 2.45) is 0 Å². The van der Waals surface area contributed by atoms with Crippen LogP contribution >= 0.6 is 0 Å². The summed E-state index contributed by atoms with van der Waals surface area (Å²) in [5, 5.41) is 17.1. The molecule has 4 aromatic rings. The molecule has 4 rings (SSSR count). The van der Waals surface area contributed by atoms with Crippen LogP contribution in [0.2, 0.25) is 0 Å². The van der Waals surface area contributed by atoms with E-state index >= 15 is 0 Å². The Hall–Kier alpha value is -5.39. The molecule has 0 aliphatic heterocycles. The fourth-order valence-corrected chi connectivity index (χ4v) is 4.11. The van der Waals surface area contributed by atoms with Gasteiger partial charge in [-0.1, -0.05) is 54.6 Å². The Balaban J connectivity index is 1.32. The Morgan fingerprint density at radius 2 is 1.62 bits per heavy atom. The van der Waals surface area contributed by atoms with Crippen LogP contribution in [-0.2, 0) is 29.2 Å². The summed E-state index contributed by atoms with van der Waals surface area (Å²) in [5.74, 6) is -1.20. The van der Waals surface area contributed by atoms with Gasteiger partial charge in [0.1, 0.15) is 18.5 Å². The zero-order valence-corrected chi connectivity index (χ0v) is 23.0. The highest BCUT2D eigenvalue weighted by Gasteiger charge is 2.22. The van der Waals surface area contributed by atoms with Gasteiger partial charge in [-0.15, -0.1) is 0 Å². The molecule has 0 unspecified atom stereocenters. The Bertz CT molecular complexity index is 1490. The lowest BCUT2D eigenvalue weighted by molar-refractivity contribution is -0.139. The minimum Gasteiger partial charge on any atom is -0.480 e. The van der Waals surface area contributed by atoms with Gasteiger partial charge >= 0.3 is 18.1 Å². The highest BCUT2D eigenvalue weighted by Crippen LogP contribution is 2.14. The number of benzene rings is 3. The van der Waals surface area contributed by atoms with Gasteiger partial charge in [-0.05, 0) is 42.3 Å². The second kappa shape index (κ2) is 14.3. The summed E-state index contributed by atoms with van der Waals surface area (Å²) in [4.78, 5) is 58.5. The number of aliphatic carboxylic acids is 1. The molecule has 0 saturated carbocycles. The molecule has 12 nitrogen and oxygen atoms in total. The number of amides is 4. The van der Waals surface area contributed by atoms with E-state index in [0.29, 0.717) is 12.4 Å². The predicted molar refractivity (Wildman–Crippen MR) is 154 cm³/mol. The van der Waals surface area contributed by atoms with E-state index in [-0.39, 0.29) is 37.8 Å². The fourth-order valence-electron chi connectivity index (χ4n) is 4.11. The minimum absolute atomic E-state index is 0.0203. The number of hydrogen-bond acceptors (Lipinski definition) is 6. The van der Waals surface area contributed by atoms with Crippen LogP contribution in [-0.4, -0.2) is 63.1 Å². The number of carboxylic acid groups (broad SMARTS) is 1. The molecule has 0 fully saturated rings. The molecule has 1 atom stereocenters. The number of carbonyl (C=O) groups excluding carboxylic acids is 3. The summed E-state index contributed by atoms with van der Waals surface area (Å²) in [6.07, 6.45) is -0.913. The number of hydrogen-bond donors (Lipinski definition) is 5. The lowest BCUT2D eigenvalue weighted by Crippen LogP contribution is -2.48. The number of nitrogens with one attached hydrogen (secondary N) is 4. The number of carbonyl (C=O) groups is 4. The number of urea groups is 1. The van der Waals surface area contributed by atoms with Gasteiger partial charge < -0.3 is 35.7 Å². The number of ether oxygens (including phenoxy) is 1. The van der Waals surface area contributed by atoms with Crippen LogP contribution in [0.4, 0.5) is 9.59 Å². The second-order valence-corrected chi connectivity index (χ2v) is 9.40. The smallest absolute Gasteiger partial charge is 0.408 e. The van der Waals surface area contributed by atoms with Crippen LogP contribution in [0.1, 0.15) is 34.2 Å². The van der Waals surface area contributed by atoms with Crippen LogP contribution in [0.25, 0.3) is 11.0 Å². The van der Waals surface area contributed by atoms with Crippen LogP contribution in [0.5, 0.6) is 0 Å². The molecule has 4 amide bonds. The average Bonchev–Trinajstić information content (AvgIpc) is 3.41. The summed E-state index contributed by atoms with van der Waals surface area (Å²) in [7, 11) is 0. The molecule has 1 aromatic heterocycles. The number of fused-ring (bicyclic) bond motifs is 1. The van der Waals surface area contributed by atoms with Crippen LogP contribution in [0.3, 0.4) is 0 Å². The molecule has 5 N–H and O–H groups in total. The number of imidazole rings is 1. The maximum absolute atomic E-state index is 12.8. The number of alkyl carbamates (subject to hydrolysis) is 1. The first-order valence-electron chi connectivity index (χ1n) is 13.4. The average molecular weight is 573 g/mol. The van der Waals surface area contributed by atoms with E-state index in [9.17, 15) is 24.3 Å². The third-order valence-electron chi connectivity index (χ3n) is 6.25. The molecule has 12 heteroatoms. The molecule has 42 heavy (non-hydrogen) atoms. The van der Waals surface area contributed by atoms with Gasteiger partial charge in [-0.3, -0.25) is 4.79 Å². The van der Waals surface area contributed by atoms with Crippen LogP contribution in [0, 0.1) is 0 Å². The van der Waals surface area contributed by atoms with Gasteiger partial charge in [-0.2, -0.15) is 0 Å². The SMILES string of the molecule is CCNC(=O)N(Cc1ccc(C(=O)NC[C@H](NC(=O)OCc2ccccc2)C(=O)O)cc1)Cc1nc2ccccc2[nH]1. The van der Waals surface area contributed by atoms with E-state index < -0.39 is 24.0 Å². The maximum atomic E-state index is 12.8. The Labute approximate surface area is 242 Å². The Kier molecular flexibility index (Phi) is 10.1. The third kappa shape index (κ3) is 8.31. The second-order valence-electron chi connectivity index (χ2n) is 9.40. The zero-order valence-electron chi connectivity index (χ0n) is 23.0. The van der Waals surface area contributed by atoms with Crippen molar-refractivity contribution in [1.82, 2.24) is 30.8 Å². The third-order valence-corrected chi connectivity index (χ3v) is 6.25. The van der Waals surface area contributed by atoms with E-state index in [4.69, 9.17) is 4.74 Å². The topological polar surface area (TPSA) is 166 Å². The van der Waals surface area contributed by atoms with Crippen molar-refractivity contribution >= 4 is 35.0 Å². The highest BCUT2D eigenvalue weighted by molar-refractivity contribution is 5.94. The molecule has 0 bridgehead atoms. The van der Waals surface area contributed by atoms with Crippen molar-refractivity contribution in [2.45, 2.75) is 32.7 Å². The quantitative estimate of drug-likeness (QED) is 0.173. The van der Waals surface area contributed by atoms with Gasteiger partial charge in [0.2, 0.25) is 0 Å². The van der Waals surface area contributed by atoms with Crippen molar-refractivity contribution in [1.29, 1.82) is 0 Å². The normalized spacial score (nSPS) is 11.4. The van der Waals surface area contributed by atoms with Crippen molar-refractivity contribution in [3.8, 4) is 0 Å². The maximum Gasteiger partial charge on any atom is 0.408 e. The first kappa shape index (κ1) is 29.6. The monoisotopic (exact) mass is 572 g/mol. The number of aromatic amines is 1. The van der Waals surface area contributed by atoms with E-state index in [1.165, 1.54) is 0 Å². The largest absolute Gasteiger partial charge is 0.480 e. The molecule has 3 aromatic carbocycles. The lowest BCUT2D eigenvalue weighted by atomic mass is 10.1.